The van der Waals surface area contributed by atoms with Gasteiger partial charge in [0.15, 0.2) is 0 Å². The first kappa shape index (κ1) is 14.5. The van der Waals surface area contributed by atoms with Gasteiger partial charge in [-0.1, -0.05) is 33.6 Å². The number of likely N-dealkylation sites (tertiary alicyclic amines) is 1. The normalized spacial score (nSPS) is 26.9. The summed E-state index contributed by atoms with van der Waals surface area (Å²) in [6.45, 7) is 8.04. The van der Waals surface area contributed by atoms with Gasteiger partial charge >= 0.3 is 0 Å². The van der Waals surface area contributed by atoms with E-state index >= 15 is 0 Å². The Balaban J connectivity index is 2.54. The van der Waals surface area contributed by atoms with E-state index in [0.717, 1.165) is 31.7 Å². The van der Waals surface area contributed by atoms with Gasteiger partial charge in [0.25, 0.3) is 0 Å². The van der Waals surface area contributed by atoms with Crippen molar-refractivity contribution in [2.24, 2.45) is 17.6 Å². The smallest absolute Gasteiger partial charge is 0.223 e. The zero-order valence-corrected chi connectivity index (χ0v) is 11.6. The van der Waals surface area contributed by atoms with Crippen LogP contribution in [0.25, 0.3) is 0 Å². The number of carbonyl (C=O) groups is 1. The lowest BCUT2D eigenvalue weighted by molar-refractivity contribution is -0.136. The van der Waals surface area contributed by atoms with Crippen molar-refractivity contribution < 1.29 is 4.79 Å². The Morgan fingerprint density at radius 1 is 1.47 bits per heavy atom. The minimum Gasteiger partial charge on any atom is -0.338 e. The fourth-order valence-electron chi connectivity index (χ4n) is 2.62. The maximum absolute atomic E-state index is 12.2. The van der Waals surface area contributed by atoms with Crippen LogP contribution in [0, 0.1) is 11.8 Å². The Kier molecular flexibility index (Phi) is 5.96. The van der Waals surface area contributed by atoms with Crippen LogP contribution in [0.3, 0.4) is 0 Å². The molecule has 1 saturated heterocycles. The molecule has 0 spiro atoms. The molecule has 1 aliphatic heterocycles. The summed E-state index contributed by atoms with van der Waals surface area (Å²) in [6, 6.07) is 0.283. The first-order valence-electron chi connectivity index (χ1n) is 7.11. The van der Waals surface area contributed by atoms with Crippen LogP contribution < -0.4 is 5.73 Å². The Morgan fingerprint density at radius 3 is 2.71 bits per heavy atom. The van der Waals surface area contributed by atoms with E-state index < -0.39 is 0 Å². The number of hydrogen-bond donors (Lipinski definition) is 1. The van der Waals surface area contributed by atoms with Crippen LogP contribution in [0.1, 0.15) is 52.9 Å². The summed E-state index contributed by atoms with van der Waals surface area (Å²) < 4.78 is 0. The summed E-state index contributed by atoms with van der Waals surface area (Å²) >= 11 is 0. The van der Waals surface area contributed by atoms with Crippen molar-refractivity contribution in [3.63, 3.8) is 0 Å². The predicted molar refractivity (Wildman–Crippen MR) is 71.6 cm³/mol. The SMILES string of the molecule is CCC(C)CC(=O)N1CCC(CC)CC1CN. The fourth-order valence-corrected chi connectivity index (χ4v) is 2.62. The molecule has 0 aromatic carbocycles. The lowest BCUT2D eigenvalue weighted by Crippen LogP contribution is -2.49. The first-order valence-corrected chi connectivity index (χ1v) is 7.11. The summed E-state index contributed by atoms with van der Waals surface area (Å²) in [7, 11) is 0. The van der Waals surface area contributed by atoms with E-state index in [1.54, 1.807) is 0 Å². The molecule has 0 aromatic heterocycles. The molecule has 1 rings (SSSR count). The van der Waals surface area contributed by atoms with Crippen LogP contribution in [0.2, 0.25) is 0 Å². The molecular formula is C14H28N2O. The average Bonchev–Trinajstić information content (AvgIpc) is 2.37. The van der Waals surface area contributed by atoms with Crippen LogP contribution in [-0.4, -0.2) is 29.9 Å². The first-order chi connectivity index (χ1) is 8.12. The van der Waals surface area contributed by atoms with E-state index in [0.29, 0.717) is 24.8 Å². The third-order valence-corrected chi connectivity index (χ3v) is 4.21. The highest BCUT2D eigenvalue weighted by Gasteiger charge is 2.30. The third kappa shape index (κ3) is 3.98. The lowest BCUT2D eigenvalue weighted by Gasteiger charge is -2.39. The number of nitrogens with two attached hydrogens (primary N) is 1. The summed E-state index contributed by atoms with van der Waals surface area (Å²) in [5.74, 6) is 1.56. The van der Waals surface area contributed by atoms with E-state index in [2.05, 4.69) is 20.8 Å². The van der Waals surface area contributed by atoms with Crippen LogP contribution in [-0.2, 0) is 4.79 Å². The zero-order chi connectivity index (χ0) is 12.8. The molecule has 3 unspecified atom stereocenters. The third-order valence-electron chi connectivity index (χ3n) is 4.21. The molecular weight excluding hydrogens is 212 g/mol. The van der Waals surface area contributed by atoms with Crippen LogP contribution in [0.5, 0.6) is 0 Å². The van der Waals surface area contributed by atoms with Gasteiger partial charge in [0.05, 0.1) is 0 Å². The highest BCUT2D eigenvalue weighted by molar-refractivity contribution is 5.76. The molecule has 0 bridgehead atoms. The Bertz CT molecular complexity index is 242. The second kappa shape index (κ2) is 7.00. The van der Waals surface area contributed by atoms with Gasteiger partial charge in [-0.05, 0) is 24.7 Å². The van der Waals surface area contributed by atoms with Gasteiger partial charge in [0, 0.05) is 25.6 Å². The molecule has 100 valence electrons. The van der Waals surface area contributed by atoms with Crippen molar-refractivity contribution in [2.75, 3.05) is 13.1 Å². The lowest BCUT2D eigenvalue weighted by atomic mass is 9.88. The maximum atomic E-state index is 12.2. The topological polar surface area (TPSA) is 46.3 Å². The molecule has 3 atom stereocenters. The molecule has 0 saturated carbocycles. The van der Waals surface area contributed by atoms with Crippen LogP contribution in [0.4, 0.5) is 0 Å². The molecule has 0 aromatic rings. The standard InChI is InChI=1S/C14H28N2O/c1-4-11(3)8-14(17)16-7-6-12(5-2)9-13(16)10-15/h11-13H,4-10,15H2,1-3H3. The Labute approximate surface area is 106 Å². The minimum atomic E-state index is 0.283. The van der Waals surface area contributed by atoms with Gasteiger partial charge < -0.3 is 10.6 Å². The molecule has 3 heteroatoms. The molecule has 17 heavy (non-hydrogen) atoms. The molecule has 1 fully saturated rings. The Morgan fingerprint density at radius 2 is 2.18 bits per heavy atom. The maximum Gasteiger partial charge on any atom is 0.223 e. The second-order valence-electron chi connectivity index (χ2n) is 5.49. The van der Waals surface area contributed by atoms with E-state index in [1.807, 2.05) is 4.90 Å². The summed E-state index contributed by atoms with van der Waals surface area (Å²) in [5.41, 5.74) is 5.82. The monoisotopic (exact) mass is 240 g/mol. The van der Waals surface area contributed by atoms with Crippen molar-refractivity contribution in [1.29, 1.82) is 0 Å². The zero-order valence-electron chi connectivity index (χ0n) is 11.6. The van der Waals surface area contributed by atoms with Gasteiger partial charge in [-0.15, -0.1) is 0 Å². The molecule has 1 aliphatic rings. The summed E-state index contributed by atoms with van der Waals surface area (Å²) in [6.07, 6.45) is 5.22. The fraction of sp³-hybridized carbons (Fsp3) is 0.929. The largest absolute Gasteiger partial charge is 0.338 e. The van der Waals surface area contributed by atoms with Gasteiger partial charge in [-0.2, -0.15) is 0 Å². The van der Waals surface area contributed by atoms with Crippen LogP contribution in [0.15, 0.2) is 0 Å². The van der Waals surface area contributed by atoms with E-state index in [9.17, 15) is 4.79 Å². The predicted octanol–water partition coefficient (Wildman–Crippen LogP) is 2.40. The van der Waals surface area contributed by atoms with Gasteiger partial charge in [0.2, 0.25) is 5.91 Å². The summed E-state index contributed by atoms with van der Waals surface area (Å²) in [5, 5.41) is 0. The average molecular weight is 240 g/mol. The second-order valence-corrected chi connectivity index (χ2v) is 5.49. The van der Waals surface area contributed by atoms with Crippen molar-refractivity contribution in [3.8, 4) is 0 Å². The van der Waals surface area contributed by atoms with E-state index in [1.165, 1.54) is 6.42 Å². The Hall–Kier alpha value is -0.570. The number of amides is 1. The van der Waals surface area contributed by atoms with Gasteiger partial charge in [-0.25, -0.2) is 0 Å². The molecule has 0 radical (unpaired) electrons. The van der Waals surface area contributed by atoms with E-state index in [4.69, 9.17) is 5.73 Å². The minimum absolute atomic E-state index is 0.283. The highest BCUT2D eigenvalue weighted by Crippen LogP contribution is 2.26. The van der Waals surface area contributed by atoms with Crippen molar-refractivity contribution >= 4 is 5.91 Å². The number of nitrogens with zero attached hydrogens (tertiary/aromatic N) is 1. The molecule has 2 N–H and O–H groups in total. The molecule has 1 heterocycles. The highest BCUT2D eigenvalue weighted by atomic mass is 16.2. The molecule has 0 aliphatic carbocycles. The number of hydrogen-bond acceptors (Lipinski definition) is 2. The van der Waals surface area contributed by atoms with Crippen molar-refractivity contribution in [2.45, 2.75) is 58.9 Å². The quantitative estimate of drug-likeness (QED) is 0.802. The van der Waals surface area contributed by atoms with Crippen molar-refractivity contribution in [3.05, 3.63) is 0 Å². The van der Waals surface area contributed by atoms with E-state index in [-0.39, 0.29) is 6.04 Å². The summed E-state index contributed by atoms with van der Waals surface area (Å²) in [4.78, 5) is 14.2. The van der Waals surface area contributed by atoms with Crippen molar-refractivity contribution in [1.82, 2.24) is 4.90 Å². The number of piperidine rings is 1. The van der Waals surface area contributed by atoms with Gasteiger partial charge in [-0.3, -0.25) is 4.79 Å². The van der Waals surface area contributed by atoms with Crippen LogP contribution >= 0.6 is 0 Å². The van der Waals surface area contributed by atoms with Gasteiger partial charge in [0.1, 0.15) is 0 Å². The molecule has 3 nitrogen and oxygen atoms in total. The number of rotatable bonds is 5. The molecule has 1 amide bonds. The number of carbonyl (C=O) groups excluding carboxylic acids is 1.